The van der Waals surface area contributed by atoms with Crippen molar-refractivity contribution in [3.8, 4) is 11.5 Å². The Kier molecular flexibility index (Phi) is 7.02. The molecule has 0 saturated carbocycles. The smallest absolute Gasteiger partial charge is 0.260 e. The summed E-state index contributed by atoms with van der Waals surface area (Å²) in [6.07, 6.45) is 0. The fourth-order valence-electron chi connectivity index (χ4n) is 2.31. The van der Waals surface area contributed by atoms with Crippen molar-refractivity contribution in [2.75, 3.05) is 25.6 Å². The van der Waals surface area contributed by atoms with Gasteiger partial charge in [0.1, 0.15) is 11.5 Å². The molecule has 0 fully saturated rings. The number of hydrogen-bond donors (Lipinski definition) is 1. The molecule has 0 atom stereocenters. The molecule has 0 aliphatic carbocycles. The van der Waals surface area contributed by atoms with E-state index < -0.39 is 0 Å². The number of carbonyl (C=O) groups is 2. The zero-order valence-corrected chi connectivity index (χ0v) is 15.3. The Labute approximate surface area is 153 Å². The topological polar surface area (TPSA) is 67.9 Å². The molecule has 0 aliphatic rings. The fourth-order valence-corrected chi connectivity index (χ4v) is 2.31. The molecule has 2 aromatic rings. The van der Waals surface area contributed by atoms with E-state index in [4.69, 9.17) is 9.47 Å². The average molecular weight is 356 g/mol. The molecule has 2 rings (SSSR count). The molecule has 6 heteroatoms. The van der Waals surface area contributed by atoms with E-state index in [1.165, 1.54) is 6.92 Å². The SMILES string of the molecule is CCOc1ccc(CN(C)C(=O)COc2ccc(NC(C)=O)cc2)cc1. The van der Waals surface area contributed by atoms with E-state index in [2.05, 4.69) is 5.32 Å². The predicted molar refractivity (Wildman–Crippen MR) is 100 cm³/mol. The molecule has 0 aromatic heterocycles. The van der Waals surface area contributed by atoms with Crippen LogP contribution < -0.4 is 14.8 Å². The standard InChI is InChI=1S/C20H24N2O4/c1-4-25-18-9-5-16(6-10-18)13-22(3)20(24)14-26-19-11-7-17(8-12-19)21-15(2)23/h5-12H,4,13-14H2,1-3H3,(H,21,23). The number of hydrogen-bond acceptors (Lipinski definition) is 4. The van der Waals surface area contributed by atoms with Crippen LogP contribution in [0.3, 0.4) is 0 Å². The van der Waals surface area contributed by atoms with Crippen LogP contribution >= 0.6 is 0 Å². The van der Waals surface area contributed by atoms with E-state index >= 15 is 0 Å². The summed E-state index contributed by atoms with van der Waals surface area (Å²) in [5.74, 6) is 1.13. The van der Waals surface area contributed by atoms with Crippen LogP contribution in [0.15, 0.2) is 48.5 Å². The minimum atomic E-state index is -0.134. The van der Waals surface area contributed by atoms with Crippen molar-refractivity contribution in [3.63, 3.8) is 0 Å². The van der Waals surface area contributed by atoms with Gasteiger partial charge in [-0.2, -0.15) is 0 Å². The monoisotopic (exact) mass is 356 g/mol. The third-order valence-corrected chi connectivity index (χ3v) is 3.62. The molecule has 1 N–H and O–H groups in total. The summed E-state index contributed by atoms with van der Waals surface area (Å²) in [4.78, 5) is 24.8. The molecular weight excluding hydrogens is 332 g/mol. The molecule has 2 amide bonds. The number of anilines is 1. The fraction of sp³-hybridized carbons (Fsp3) is 0.300. The Morgan fingerprint density at radius 3 is 2.12 bits per heavy atom. The largest absolute Gasteiger partial charge is 0.494 e. The number of nitrogens with one attached hydrogen (secondary N) is 1. The molecule has 0 saturated heterocycles. The van der Waals surface area contributed by atoms with Gasteiger partial charge in [-0.15, -0.1) is 0 Å². The van der Waals surface area contributed by atoms with Gasteiger partial charge >= 0.3 is 0 Å². The first kappa shape index (κ1) is 19.3. The number of amides is 2. The molecule has 0 heterocycles. The number of carbonyl (C=O) groups excluding carboxylic acids is 2. The lowest BCUT2D eigenvalue weighted by atomic mass is 10.2. The average Bonchev–Trinajstić information content (AvgIpc) is 2.62. The minimum Gasteiger partial charge on any atom is -0.494 e. The van der Waals surface area contributed by atoms with Crippen LogP contribution in [0.2, 0.25) is 0 Å². The third kappa shape index (κ3) is 6.12. The lowest BCUT2D eigenvalue weighted by Gasteiger charge is -2.18. The predicted octanol–water partition coefficient (Wildman–Crippen LogP) is 3.08. The van der Waals surface area contributed by atoms with Gasteiger partial charge in [0, 0.05) is 26.2 Å². The maximum Gasteiger partial charge on any atom is 0.260 e. The Morgan fingerprint density at radius 2 is 1.54 bits per heavy atom. The van der Waals surface area contributed by atoms with Crippen molar-refractivity contribution in [1.82, 2.24) is 4.90 Å². The van der Waals surface area contributed by atoms with Crippen LogP contribution in [0.4, 0.5) is 5.69 Å². The van der Waals surface area contributed by atoms with Crippen LogP contribution in [0.1, 0.15) is 19.4 Å². The van der Waals surface area contributed by atoms with Crippen LogP contribution in [-0.4, -0.2) is 37.0 Å². The van der Waals surface area contributed by atoms with E-state index in [0.29, 0.717) is 24.6 Å². The van der Waals surface area contributed by atoms with Gasteiger partial charge in [0.2, 0.25) is 5.91 Å². The lowest BCUT2D eigenvalue weighted by molar-refractivity contribution is -0.132. The number of ether oxygens (including phenoxy) is 2. The zero-order chi connectivity index (χ0) is 18.9. The second kappa shape index (κ2) is 9.46. The van der Waals surface area contributed by atoms with Gasteiger partial charge in [0.05, 0.1) is 6.61 Å². The first-order valence-corrected chi connectivity index (χ1v) is 8.44. The summed E-state index contributed by atoms with van der Waals surface area (Å²) < 4.78 is 10.9. The quantitative estimate of drug-likeness (QED) is 0.789. The van der Waals surface area contributed by atoms with E-state index in [1.807, 2.05) is 31.2 Å². The minimum absolute atomic E-state index is 0.0486. The zero-order valence-electron chi connectivity index (χ0n) is 15.3. The number of benzene rings is 2. The summed E-state index contributed by atoms with van der Waals surface area (Å²) in [5.41, 5.74) is 1.70. The summed E-state index contributed by atoms with van der Waals surface area (Å²) >= 11 is 0. The molecule has 0 radical (unpaired) electrons. The van der Waals surface area contributed by atoms with Crippen LogP contribution in [-0.2, 0) is 16.1 Å². The Bertz CT molecular complexity index is 726. The van der Waals surface area contributed by atoms with Gasteiger partial charge in [-0.25, -0.2) is 0 Å². The van der Waals surface area contributed by atoms with Gasteiger partial charge < -0.3 is 19.7 Å². The second-order valence-electron chi connectivity index (χ2n) is 5.82. The van der Waals surface area contributed by atoms with Gasteiger partial charge in [0.25, 0.3) is 5.91 Å². The van der Waals surface area contributed by atoms with E-state index in [0.717, 1.165) is 11.3 Å². The highest BCUT2D eigenvalue weighted by molar-refractivity contribution is 5.88. The second-order valence-corrected chi connectivity index (χ2v) is 5.82. The van der Waals surface area contributed by atoms with Crippen LogP contribution in [0.25, 0.3) is 0 Å². The molecule has 26 heavy (non-hydrogen) atoms. The molecule has 0 aliphatic heterocycles. The van der Waals surface area contributed by atoms with Crippen molar-refractivity contribution < 1.29 is 19.1 Å². The van der Waals surface area contributed by atoms with Crippen LogP contribution in [0.5, 0.6) is 11.5 Å². The molecule has 6 nitrogen and oxygen atoms in total. The highest BCUT2D eigenvalue weighted by Crippen LogP contribution is 2.16. The van der Waals surface area contributed by atoms with E-state index in [9.17, 15) is 9.59 Å². The summed E-state index contributed by atoms with van der Waals surface area (Å²) in [7, 11) is 1.74. The van der Waals surface area contributed by atoms with Crippen LogP contribution in [0, 0.1) is 0 Å². The number of likely N-dealkylation sites (N-methyl/N-ethyl adjacent to an activating group) is 1. The van der Waals surface area contributed by atoms with Crippen molar-refractivity contribution in [2.24, 2.45) is 0 Å². The van der Waals surface area contributed by atoms with Gasteiger partial charge in [-0.1, -0.05) is 12.1 Å². The summed E-state index contributed by atoms with van der Waals surface area (Å²) in [6, 6.07) is 14.5. The van der Waals surface area contributed by atoms with Gasteiger partial charge in [-0.3, -0.25) is 9.59 Å². The first-order chi connectivity index (χ1) is 12.5. The highest BCUT2D eigenvalue weighted by atomic mass is 16.5. The molecule has 2 aromatic carbocycles. The number of rotatable bonds is 8. The van der Waals surface area contributed by atoms with Crippen molar-refractivity contribution in [1.29, 1.82) is 0 Å². The van der Waals surface area contributed by atoms with Crippen molar-refractivity contribution in [3.05, 3.63) is 54.1 Å². The summed E-state index contributed by atoms with van der Waals surface area (Å²) in [5, 5.41) is 2.68. The highest BCUT2D eigenvalue weighted by Gasteiger charge is 2.10. The normalized spacial score (nSPS) is 10.1. The lowest BCUT2D eigenvalue weighted by Crippen LogP contribution is -2.30. The molecule has 0 spiro atoms. The third-order valence-electron chi connectivity index (χ3n) is 3.62. The van der Waals surface area contributed by atoms with E-state index in [-0.39, 0.29) is 18.4 Å². The molecule has 0 bridgehead atoms. The molecule has 0 unspecified atom stereocenters. The van der Waals surface area contributed by atoms with Crippen molar-refractivity contribution >= 4 is 17.5 Å². The molecule has 138 valence electrons. The Hall–Kier alpha value is -3.02. The molecular formula is C20H24N2O4. The Morgan fingerprint density at radius 1 is 0.962 bits per heavy atom. The summed E-state index contributed by atoms with van der Waals surface area (Å²) in [6.45, 7) is 4.46. The first-order valence-electron chi connectivity index (χ1n) is 8.44. The van der Waals surface area contributed by atoms with Crippen molar-refractivity contribution in [2.45, 2.75) is 20.4 Å². The Balaban J connectivity index is 1.82. The number of nitrogens with zero attached hydrogens (tertiary/aromatic N) is 1. The maximum atomic E-state index is 12.2. The van der Waals surface area contributed by atoms with E-state index in [1.54, 1.807) is 36.2 Å². The maximum absolute atomic E-state index is 12.2. The van der Waals surface area contributed by atoms with Gasteiger partial charge in [0.15, 0.2) is 6.61 Å². The van der Waals surface area contributed by atoms with Gasteiger partial charge in [-0.05, 0) is 48.9 Å².